The zero-order valence-corrected chi connectivity index (χ0v) is 16.4. The molecule has 1 aliphatic rings. The van der Waals surface area contributed by atoms with Gasteiger partial charge in [0.2, 0.25) is 0 Å². The van der Waals surface area contributed by atoms with Crippen LogP contribution in [0.4, 0.5) is 0 Å². The van der Waals surface area contributed by atoms with Gasteiger partial charge in [-0.05, 0) is 18.8 Å². The standard InChI is InChI=1S/C22H38O3/c1-19(2)16-14-12-10-8-6-4-3-5-7-9-11-13-15-17-20-18-21(23)25-22(20)24/h15,17,19-20H,3-14,16,18H2,1-2H3. The molecule has 3 heteroatoms. The molecule has 1 heterocycles. The Balaban J connectivity index is 1.79. The molecule has 0 aromatic heterocycles. The van der Waals surface area contributed by atoms with Crippen LogP contribution in [0.2, 0.25) is 0 Å². The highest BCUT2D eigenvalue weighted by Crippen LogP contribution is 2.18. The van der Waals surface area contributed by atoms with Crippen LogP contribution in [0.1, 0.15) is 104 Å². The Bertz CT molecular complexity index is 398. The molecule has 1 aliphatic heterocycles. The van der Waals surface area contributed by atoms with Crippen molar-refractivity contribution in [3.05, 3.63) is 12.2 Å². The maximum Gasteiger partial charge on any atom is 0.321 e. The smallest absolute Gasteiger partial charge is 0.321 e. The van der Waals surface area contributed by atoms with Gasteiger partial charge in [0.05, 0.1) is 12.3 Å². The second kappa shape index (κ2) is 14.1. The molecule has 1 atom stereocenters. The zero-order valence-electron chi connectivity index (χ0n) is 16.4. The van der Waals surface area contributed by atoms with Crippen molar-refractivity contribution in [1.29, 1.82) is 0 Å². The van der Waals surface area contributed by atoms with E-state index in [0.717, 1.165) is 12.3 Å². The number of ether oxygens (including phenoxy) is 1. The van der Waals surface area contributed by atoms with E-state index in [1.807, 2.05) is 12.2 Å². The van der Waals surface area contributed by atoms with Crippen LogP contribution in [0.5, 0.6) is 0 Å². The quantitative estimate of drug-likeness (QED) is 0.149. The van der Waals surface area contributed by atoms with Gasteiger partial charge < -0.3 is 4.74 Å². The fourth-order valence-electron chi connectivity index (χ4n) is 3.31. The summed E-state index contributed by atoms with van der Waals surface area (Å²) in [5.41, 5.74) is 0. The van der Waals surface area contributed by atoms with E-state index in [1.165, 1.54) is 77.0 Å². The molecule has 1 fully saturated rings. The van der Waals surface area contributed by atoms with Crippen molar-refractivity contribution in [2.45, 2.75) is 104 Å². The van der Waals surface area contributed by atoms with Crippen LogP contribution in [0.15, 0.2) is 12.2 Å². The Labute approximate surface area is 154 Å². The largest absolute Gasteiger partial charge is 0.393 e. The second-order valence-electron chi connectivity index (χ2n) is 7.89. The molecular formula is C22H38O3. The molecule has 0 aliphatic carbocycles. The van der Waals surface area contributed by atoms with Crippen molar-refractivity contribution >= 4 is 11.9 Å². The van der Waals surface area contributed by atoms with Crippen molar-refractivity contribution < 1.29 is 14.3 Å². The van der Waals surface area contributed by atoms with E-state index in [-0.39, 0.29) is 18.3 Å². The summed E-state index contributed by atoms with van der Waals surface area (Å²) in [6, 6.07) is 0. The van der Waals surface area contributed by atoms with Crippen molar-refractivity contribution in [2.75, 3.05) is 0 Å². The van der Waals surface area contributed by atoms with E-state index in [1.54, 1.807) is 0 Å². The molecule has 1 saturated heterocycles. The maximum absolute atomic E-state index is 11.3. The molecule has 0 saturated carbocycles. The summed E-state index contributed by atoms with van der Waals surface area (Å²) < 4.78 is 4.52. The van der Waals surface area contributed by atoms with Gasteiger partial charge in [0.15, 0.2) is 0 Å². The Morgan fingerprint density at radius 1 is 0.880 bits per heavy atom. The molecule has 0 spiro atoms. The Kier molecular flexibility index (Phi) is 12.4. The molecule has 0 aromatic carbocycles. The number of rotatable bonds is 15. The molecule has 1 unspecified atom stereocenters. The first-order valence-corrected chi connectivity index (χ1v) is 10.5. The predicted molar refractivity (Wildman–Crippen MR) is 103 cm³/mol. The van der Waals surface area contributed by atoms with Crippen LogP contribution in [-0.2, 0) is 14.3 Å². The highest BCUT2D eigenvalue weighted by Gasteiger charge is 2.30. The van der Waals surface area contributed by atoms with Crippen molar-refractivity contribution in [1.82, 2.24) is 0 Å². The summed E-state index contributed by atoms with van der Waals surface area (Å²) in [6.45, 7) is 4.62. The minimum atomic E-state index is -0.393. The van der Waals surface area contributed by atoms with Gasteiger partial charge in [-0.25, -0.2) is 0 Å². The normalized spacial score (nSPS) is 17.8. The van der Waals surface area contributed by atoms with Gasteiger partial charge in [0.25, 0.3) is 0 Å². The second-order valence-corrected chi connectivity index (χ2v) is 7.89. The van der Waals surface area contributed by atoms with Crippen molar-refractivity contribution in [2.24, 2.45) is 11.8 Å². The number of unbranched alkanes of at least 4 members (excludes halogenated alkanes) is 11. The summed E-state index contributed by atoms with van der Waals surface area (Å²) in [6.07, 6.45) is 21.4. The third-order valence-corrected chi connectivity index (χ3v) is 4.92. The summed E-state index contributed by atoms with van der Waals surface area (Å²) in [4.78, 5) is 22.2. The molecule has 0 amide bonds. The highest BCUT2D eigenvalue weighted by atomic mass is 16.6. The van der Waals surface area contributed by atoms with Gasteiger partial charge in [-0.3, -0.25) is 9.59 Å². The molecular weight excluding hydrogens is 312 g/mol. The molecule has 0 bridgehead atoms. The number of hydrogen-bond acceptors (Lipinski definition) is 3. The monoisotopic (exact) mass is 350 g/mol. The van der Waals surface area contributed by atoms with Crippen LogP contribution in [-0.4, -0.2) is 11.9 Å². The van der Waals surface area contributed by atoms with Crippen LogP contribution < -0.4 is 0 Å². The number of carbonyl (C=O) groups is 2. The first-order valence-electron chi connectivity index (χ1n) is 10.5. The predicted octanol–water partition coefficient (Wildman–Crippen LogP) is 6.36. The topological polar surface area (TPSA) is 43.4 Å². The van der Waals surface area contributed by atoms with Crippen molar-refractivity contribution in [3.8, 4) is 0 Å². The average molecular weight is 351 g/mol. The maximum atomic E-state index is 11.3. The molecule has 144 valence electrons. The number of esters is 2. The van der Waals surface area contributed by atoms with Crippen LogP contribution in [0.3, 0.4) is 0 Å². The lowest BCUT2D eigenvalue weighted by Gasteiger charge is -2.04. The lowest BCUT2D eigenvalue weighted by Crippen LogP contribution is -2.03. The Morgan fingerprint density at radius 2 is 1.40 bits per heavy atom. The minimum absolute atomic E-state index is 0.215. The molecule has 0 radical (unpaired) electrons. The first kappa shape index (κ1) is 21.9. The molecule has 25 heavy (non-hydrogen) atoms. The van der Waals surface area contributed by atoms with Crippen LogP contribution in [0, 0.1) is 11.8 Å². The SMILES string of the molecule is CC(C)CCCCCCCCCCCCCC=CC1CC(=O)OC1=O. The lowest BCUT2D eigenvalue weighted by molar-refractivity contribution is -0.152. The van der Waals surface area contributed by atoms with Gasteiger partial charge in [0.1, 0.15) is 0 Å². The van der Waals surface area contributed by atoms with E-state index in [2.05, 4.69) is 18.6 Å². The molecule has 0 N–H and O–H groups in total. The average Bonchev–Trinajstić information content (AvgIpc) is 2.88. The summed E-state index contributed by atoms with van der Waals surface area (Å²) in [5.74, 6) is -0.256. The Morgan fingerprint density at radius 3 is 1.88 bits per heavy atom. The third kappa shape index (κ3) is 12.0. The van der Waals surface area contributed by atoms with Crippen molar-refractivity contribution in [3.63, 3.8) is 0 Å². The minimum Gasteiger partial charge on any atom is -0.393 e. The van der Waals surface area contributed by atoms with E-state index in [4.69, 9.17) is 0 Å². The van der Waals surface area contributed by atoms with Gasteiger partial charge in [0, 0.05) is 0 Å². The zero-order chi connectivity index (χ0) is 18.3. The number of hydrogen-bond donors (Lipinski definition) is 0. The summed E-state index contributed by atoms with van der Waals surface area (Å²) >= 11 is 0. The fraction of sp³-hybridized carbons (Fsp3) is 0.818. The van der Waals surface area contributed by atoms with E-state index in [0.29, 0.717) is 0 Å². The van der Waals surface area contributed by atoms with Crippen LogP contribution in [0.25, 0.3) is 0 Å². The van der Waals surface area contributed by atoms with E-state index >= 15 is 0 Å². The number of allylic oxidation sites excluding steroid dienone is 1. The highest BCUT2D eigenvalue weighted by molar-refractivity contribution is 5.95. The lowest BCUT2D eigenvalue weighted by atomic mass is 10.0. The number of cyclic esters (lactones) is 2. The summed E-state index contributed by atoms with van der Waals surface area (Å²) in [5, 5.41) is 0. The third-order valence-electron chi connectivity index (χ3n) is 4.92. The van der Waals surface area contributed by atoms with E-state index in [9.17, 15) is 9.59 Å². The van der Waals surface area contributed by atoms with E-state index < -0.39 is 5.97 Å². The van der Waals surface area contributed by atoms with Gasteiger partial charge in [-0.1, -0.05) is 96.6 Å². The fourth-order valence-corrected chi connectivity index (χ4v) is 3.31. The molecule has 0 aromatic rings. The van der Waals surface area contributed by atoms with Crippen LogP contribution >= 0.6 is 0 Å². The molecule has 3 nitrogen and oxygen atoms in total. The first-order chi connectivity index (χ1) is 12.1. The van der Waals surface area contributed by atoms with Gasteiger partial charge in [-0.15, -0.1) is 0 Å². The van der Waals surface area contributed by atoms with Gasteiger partial charge in [-0.2, -0.15) is 0 Å². The Hall–Kier alpha value is -1.12. The van der Waals surface area contributed by atoms with Gasteiger partial charge >= 0.3 is 11.9 Å². The summed E-state index contributed by atoms with van der Waals surface area (Å²) in [7, 11) is 0. The molecule has 1 rings (SSSR count). The number of carbonyl (C=O) groups excluding carboxylic acids is 2.